The number of carbonyl (C=O) groups excluding carboxylic acids is 1. The van der Waals surface area contributed by atoms with Crippen LogP contribution in [-0.4, -0.2) is 10.9 Å². The third kappa shape index (κ3) is 2.40. The van der Waals surface area contributed by atoms with Gasteiger partial charge >= 0.3 is 0 Å². The molecule has 2 aromatic carbocycles. The summed E-state index contributed by atoms with van der Waals surface area (Å²) in [5.74, 6) is 0.433. The number of nitrogens with zero attached hydrogens (tertiary/aromatic N) is 1. The number of hydrogen-bond acceptors (Lipinski definition) is 3. The molecule has 1 amide bonds. The van der Waals surface area contributed by atoms with Crippen molar-refractivity contribution >= 4 is 22.7 Å². The lowest BCUT2D eigenvalue weighted by molar-refractivity contribution is 0.102. The van der Waals surface area contributed by atoms with Crippen molar-refractivity contribution in [2.45, 2.75) is 13.8 Å². The zero-order valence-electron chi connectivity index (χ0n) is 11.3. The number of anilines is 1. The Kier molecular flexibility index (Phi) is 2.99. The number of nitrogens with one attached hydrogen (secondary N) is 1. The first-order valence-electron chi connectivity index (χ1n) is 6.37. The van der Waals surface area contributed by atoms with Gasteiger partial charge in [-0.2, -0.15) is 0 Å². The molecule has 0 bridgehead atoms. The predicted molar refractivity (Wildman–Crippen MR) is 77.9 cm³/mol. The smallest absolute Gasteiger partial charge is 0.255 e. The van der Waals surface area contributed by atoms with Crippen molar-refractivity contribution in [2.75, 3.05) is 5.32 Å². The maximum absolute atomic E-state index is 12.2. The number of fused-ring (bicyclic) bond motifs is 1. The van der Waals surface area contributed by atoms with E-state index in [0.29, 0.717) is 17.0 Å². The fourth-order valence-electron chi connectivity index (χ4n) is 2.11. The molecule has 1 aromatic heterocycles. The van der Waals surface area contributed by atoms with Gasteiger partial charge in [-0.3, -0.25) is 4.79 Å². The summed E-state index contributed by atoms with van der Waals surface area (Å²) < 4.78 is 5.44. The minimum atomic E-state index is -0.161. The Hall–Kier alpha value is -2.62. The van der Waals surface area contributed by atoms with Crippen molar-refractivity contribution in [1.29, 1.82) is 0 Å². The van der Waals surface area contributed by atoms with Gasteiger partial charge in [0.25, 0.3) is 5.91 Å². The van der Waals surface area contributed by atoms with Crippen molar-refractivity contribution in [3.8, 4) is 0 Å². The van der Waals surface area contributed by atoms with Crippen LogP contribution in [0.15, 0.2) is 46.9 Å². The van der Waals surface area contributed by atoms with Crippen LogP contribution in [0.3, 0.4) is 0 Å². The lowest BCUT2D eigenvalue weighted by Crippen LogP contribution is -2.11. The third-order valence-electron chi connectivity index (χ3n) is 3.03. The quantitative estimate of drug-likeness (QED) is 0.769. The van der Waals surface area contributed by atoms with Gasteiger partial charge in [-0.05, 0) is 42.8 Å². The number of carbonyl (C=O) groups is 1. The number of benzene rings is 2. The van der Waals surface area contributed by atoms with Crippen molar-refractivity contribution in [1.82, 2.24) is 4.98 Å². The number of amides is 1. The van der Waals surface area contributed by atoms with Crippen LogP contribution < -0.4 is 5.32 Å². The van der Waals surface area contributed by atoms with Gasteiger partial charge in [-0.25, -0.2) is 4.98 Å². The molecule has 20 heavy (non-hydrogen) atoms. The third-order valence-corrected chi connectivity index (χ3v) is 3.03. The summed E-state index contributed by atoms with van der Waals surface area (Å²) in [7, 11) is 0. The lowest BCUT2D eigenvalue weighted by atomic mass is 10.1. The van der Waals surface area contributed by atoms with Gasteiger partial charge in [-0.15, -0.1) is 0 Å². The van der Waals surface area contributed by atoms with E-state index in [2.05, 4.69) is 10.3 Å². The minimum Gasteiger partial charge on any atom is -0.441 e. The van der Waals surface area contributed by atoms with Crippen molar-refractivity contribution in [3.63, 3.8) is 0 Å². The second kappa shape index (κ2) is 4.81. The molecule has 0 spiro atoms. The minimum absolute atomic E-state index is 0.161. The van der Waals surface area contributed by atoms with E-state index in [0.717, 1.165) is 16.8 Å². The van der Waals surface area contributed by atoms with Crippen molar-refractivity contribution < 1.29 is 9.21 Å². The topological polar surface area (TPSA) is 55.1 Å². The first-order chi connectivity index (χ1) is 9.61. The first kappa shape index (κ1) is 12.4. The highest BCUT2D eigenvalue weighted by atomic mass is 16.3. The Morgan fingerprint density at radius 2 is 2.00 bits per heavy atom. The summed E-state index contributed by atoms with van der Waals surface area (Å²) in [4.78, 5) is 16.4. The number of hydrogen-bond donors (Lipinski definition) is 1. The molecule has 0 saturated heterocycles. The number of rotatable bonds is 2. The molecule has 4 heteroatoms. The molecule has 0 radical (unpaired) electrons. The van der Waals surface area contributed by atoms with Gasteiger partial charge < -0.3 is 9.73 Å². The van der Waals surface area contributed by atoms with E-state index in [1.54, 1.807) is 25.1 Å². The van der Waals surface area contributed by atoms with E-state index in [9.17, 15) is 4.79 Å². The summed E-state index contributed by atoms with van der Waals surface area (Å²) in [6.07, 6.45) is 0. The van der Waals surface area contributed by atoms with Crippen LogP contribution >= 0.6 is 0 Å². The monoisotopic (exact) mass is 266 g/mol. The van der Waals surface area contributed by atoms with E-state index in [-0.39, 0.29) is 5.91 Å². The molecule has 0 aliphatic heterocycles. The zero-order valence-corrected chi connectivity index (χ0v) is 11.3. The standard InChI is InChI=1S/C16H14N2O2/c1-10-4-3-5-13(8-10)18-16(19)12-6-7-14-15(9-12)20-11(2)17-14/h3-9H,1-2H3,(H,18,19). The second-order valence-electron chi connectivity index (χ2n) is 4.74. The summed E-state index contributed by atoms with van der Waals surface area (Å²) in [6, 6.07) is 12.9. The molecule has 0 unspecified atom stereocenters. The molecular weight excluding hydrogens is 252 g/mol. The number of aromatic nitrogens is 1. The zero-order chi connectivity index (χ0) is 14.1. The SMILES string of the molecule is Cc1cccc(NC(=O)c2ccc3nc(C)oc3c2)c1. The Balaban J connectivity index is 1.88. The largest absolute Gasteiger partial charge is 0.441 e. The summed E-state index contributed by atoms with van der Waals surface area (Å²) in [5.41, 5.74) is 3.82. The highest BCUT2D eigenvalue weighted by Crippen LogP contribution is 2.18. The van der Waals surface area contributed by atoms with Gasteiger partial charge in [0.2, 0.25) is 0 Å². The maximum Gasteiger partial charge on any atom is 0.255 e. The van der Waals surface area contributed by atoms with Gasteiger partial charge in [0, 0.05) is 18.2 Å². The average molecular weight is 266 g/mol. The second-order valence-corrected chi connectivity index (χ2v) is 4.74. The molecule has 0 saturated carbocycles. The van der Waals surface area contributed by atoms with E-state index in [4.69, 9.17) is 4.42 Å². The molecular formula is C16H14N2O2. The highest BCUT2D eigenvalue weighted by molar-refractivity contribution is 6.05. The normalized spacial score (nSPS) is 10.7. The average Bonchev–Trinajstić information content (AvgIpc) is 2.77. The molecule has 1 N–H and O–H groups in total. The molecule has 3 rings (SSSR count). The predicted octanol–water partition coefficient (Wildman–Crippen LogP) is 3.70. The maximum atomic E-state index is 12.2. The number of oxazole rings is 1. The van der Waals surface area contributed by atoms with Crippen molar-refractivity contribution in [2.24, 2.45) is 0 Å². The van der Waals surface area contributed by atoms with E-state index >= 15 is 0 Å². The van der Waals surface area contributed by atoms with Crippen LogP contribution in [0.1, 0.15) is 21.8 Å². The van der Waals surface area contributed by atoms with Crippen LogP contribution in [0.25, 0.3) is 11.1 Å². The molecule has 3 aromatic rings. The van der Waals surface area contributed by atoms with Gasteiger partial charge in [0.05, 0.1) is 0 Å². The lowest BCUT2D eigenvalue weighted by Gasteiger charge is -2.05. The van der Waals surface area contributed by atoms with Crippen LogP contribution in [0, 0.1) is 13.8 Å². The molecule has 4 nitrogen and oxygen atoms in total. The van der Waals surface area contributed by atoms with Crippen LogP contribution in [0.2, 0.25) is 0 Å². The fraction of sp³-hybridized carbons (Fsp3) is 0.125. The van der Waals surface area contributed by atoms with Gasteiger partial charge in [-0.1, -0.05) is 12.1 Å². The molecule has 0 atom stereocenters. The van der Waals surface area contributed by atoms with Crippen LogP contribution in [0.4, 0.5) is 5.69 Å². The van der Waals surface area contributed by atoms with Gasteiger partial charge in [0.15, 0.2) is 11.5 Å². The highest BCUT2D eigenvalue weighted by Gasteiger charge is 2.09. The molecule has 0 aliphatic carbocycles. The summed E-state index contributed by atoms with van der Waals surface area (Å²) in [5, 5.41) is 2.87. The van der Waals surface area contributed by atoms with E-state index in [1.807, 2.05) is 31.2 Å². The Labute approximate surface area is 116 Å². The Bertz CT molecular complexity index is 790. The van der Waals surface area contributed by atoms with Crippen LogP contribution in [0.5, 0.6) is 0 Å². The van der Waals surface area contributed by atoms with E-state index in [1.165, 1.54) is 0 Å². The number of aryl methyl sites for hydroxylation is 2. The molecule has 100 valence electrons. The fourth-order valence-corrected chi connectivity index (χ4v) is 2.11. The molecule has 1 heterocycles. The summed E-state index contributed by atoms with van der Waals surface area (Å²) in [6.45, 7) is 3.77. The van der Waals surface area contributed by atoms with Crippen molar-refractivity contribution in [3.05, 3.63) is 59.5 Å². The molecule has 0 fully saturated rings. The Morgan fingerprint density at radius 1 is 1.15 bits per heavy atom. The first-order valence-corrected chi connectivity index (χ1v) is 6.37. The van der Waals surface area contributed by atoms with Crippen LogP contribution in [-0.2, 0) is 0 Å². The summed E-state index contributed by atoms with van der Waals surface area (Å²) >= 11 is 0. The van der Waals surface area contributed by atoms with Gasteiger partial charge in [0.1, 0.15) is 5.52 Å². The Morgan fingerprint density at radius 3 is 2.80 bits per heavy atom. The molecule has 0 aliphatic rings. The van der Waals surface area contributed by atoms with E-state index < -0.39 is 0 Å².